The number of hydrogen-bond acceptors (Lipinski definition) is 3. The van der Waals surface area contributed by atoms with Crippen molar-refractivity contribution in [3.8, 4) is 5.75 Å². The molecule has 0 amide bonds. The first-order valence-electron chi connectivity index (χ1n) is 4.76. The SMILES string of the molecule is CCC(C)OC(=O)Oc1cccc(F)c1. The maximum absolute atomic E-state index is 12.7. The Kier molecular flexibility index (Phi) is 4.09. The minimum atomic E-state index is -0.810. The monoisotopic (exact) mass is 212 g/mol. The summed E-state index contributed by atoms with van der Waals surface area (Å²) in [6.07, 6.45) is -0.306. The van der Waals surface area contributed by atoms with E-state index in [4.69, 9.17) is 9.47 Å². The lowest BCUT2D eigenvalue weighted by Gasteiger charge is -2.10. The molecule has 3 nitrogen and oxygen atoms in total. The van der Waals surface area contributed by atoms with Gasteiger partial charge in [-0.3, -0.25) is 0 Å². The minimum Gasteiger partial charge on any atom is -0.431 e. The van der Waals surface area contributed by atoms with Crippen molar-refractivity contribution in [1.82, 2.24) is 0 Å². The van der Waals surface area contributed by atoms with Crippen LogP contribution >= 0.6 is 0 Å². The number of halogens is 1. The molecule has 0 spiro atoms. The van der Waals surface area contributed by atoms with Crippen LogP contribution in [0.25, 0.3) is 0 Å². The first-order valence-corrected chi connectivity index (χ1v) is 4.76. The van der Waals surface area contributed by atoms with Crippen molar-refractivity contribution in [2.24, 2.45) is 0 Å². The summed E-state index contributed by atoms with van der Waals surface area (Å²) in [7, 11) is 0. The summed E-state index contributed by atoms with van der Waals surface area (Å²) in [4.78, 5) is 11.1. The van der Waals surface area contributed by atoms with Gasteiger partial charge >= 0.3 is 6.16 Å². The Morgan fingerprint density at radius 3 is 2.87 bits per heavy atom. The predicted octanol–water partition coefficient (Wildman–Crippen LogP) is 3.14. The largest absolute Gasteiger partial charge is 0.514 e. The zero-order chi connectivity index (χ0) is 11.3. The molecular weight excluding hydrogens is 199 g/mol. The van der Waals surface area contributed by atoms with Crippen LogP contribution in [-0.2, 0) is 4.74 Å². The van der Waals surface area contributed by atoms with Gasteiger partial charge in [0.1, 0.15) is 17.7 Å². The third kappa shape index (κ3) is 3.97. The predicted molar refractivity (Wildman–Crippen MR) is 53.3 cm³/mol. The summed E-state index contributed by atoms with van der Waals surface area (Å²) < 4.78 is 22.3. The van der Waals surface area contributed by atoms with E-state index in [1.165, 1.54) is 18.2 Å². The second kappa shape index (κ2) is 5.34. The Hall–Kier alpha value is -1.58. The zero-order valence-electron chi connectivity index (χ0n) is 8.70. The van der Waals surface area contributed by atoms with Gasteiger partial charge in [0.05, 0.1) is 0 Å². The van der Waals surface area contributed by atoms with Gasteiger partial charge in [-0.1, -0.05) is 13.0 Å². The molecular formula is C11H13FO3. The van der Waals surface area contributed by atoms with Crippen LogP contribution in [0.3, 0.4) is 0 Å². The molecule has 1 rings (SSSR count). The maximum Gasteiger partial charge on any atom is 0.514 e. The number of carbonyl (C=O) groups is 1. The van der Waals surface area contributed by atoms with Crippen molar-refractivity contribution in [2.45, 2.75) is 26.4 Å². The van der Waals surface area contributed by atoms with Crippen molar-refractivity contribution in [3.05, 3.63) is 30.1 Å². The van der Waals surface area contributed by atoms with E-state index in [-0.39, 0.29) is 11.9 Å². The summed E-state index contributed by atoms with van der Waals surface area (Å²) in [5.41, 5.74) is 0. The fourth-order valence-electron chi connectivity index (χ4n) is 0.898. The van der Waals surface area contributed by atoms with Crippen LogP contribution in [0, 0.1) is 5.82 Å². The molecule has 0 aliphatic rings. The summed E-state index contributed by atoms with van der Waals surface area (Å²) in [6.45, 7) is 3.65. The summed E-state index contributed by atoms with van der Waals surface area (Å²) >= 11 is 0. The Morgan fingerprint density at radius 2 is 2.27 bits per heavy atom. The highest BCUT2D eigenvalue weighted by atomic mass is 19.1. The molecule has 0 heterocycles. The molecule has 0 N–H and O–H groups in total. The minimum absolute atomic E-state index is 0.142. The normalized spacial score (nSPS) is 11.9. The van der Waals surface area contributed by atoms with Crippen molar-refractivity contribution in [1.29, 1.82) is 0 Å². The fourth-order valence-corrected chi connectivity index (χ4v) is 0.898. The molecule has 0 aliphatic heterocycles. The van der Waals surface area contributed by atoms with Crippen LogP contribution in [0.2, 0.25) is 0 Å². The molecule has 1 unspecified atom stereocenters. The molecule has 1 atom stereocenters. The van der Waals surface area contributed by atoms with Crippen molar-refractivity contribution in [3.63, 3.8) is 0 Å². The molecule has 0 fully saturated rings. The molecule has 1 aromatic rings. The lowest BCUT2D eigenvalue weighted by Crippen LogP contribution is -2.17. The summed E-state index contributed by atoms with van der Waals surface area (Å²) in [5, 5.41) is 0. The second-order valence-electron chi connectivity index (χ2n) is 3.15. The van der Waals surface area contributed by atoms with Gasteiger partial charge in [0.25, 0.3) is 0 Å². The van der Waals surface area contributed by atoms with E-state index in [2.05, 4.69) is 0 Å². The van der Waals surface area contributed by atoms with Crippen LogP contribution in [0.4, 0.5) is 9.18 Å². The van der Waals surface area contributed by atoms with Gasteiger partial charge in [-0.05, 0) is 25.5 Å². The van der Waals surface area contributed by atoms with Gasteiger partial charge in [0.2, 0.25) is 0 Å². The highest BCUT2D eigenvalue weighted by Crippen LogP contribution is 2.13. The number of hydrogen-bond donors (Lipinski definition) is 0. The molecule has 0 bridgehead atoms. The van der Waals surface area contributed by atoms with Gasteiger partial charge < -0.3 is 9.47 Å². The molecule has 4 heteroatoms. The number of rotatable bonds is 3. The molecule has 0 aliphatic carbocycles. The third-order valence-corrected chi connectivity index (χ3v) is 1.87. The lowest BCUT2D eigenvalue weighted by atomic mass is 10.3. The summed E-state index contributed by atoms with van der Waals surface area (Å²) in [6, 6.07) is 5.34. The van der Waals surface area contributed by atoms with Gasteiger partial charge in [-0.2, -0.15) is 0 Å². The number of ether oxygens (including phenoxy) is 2. The lowest BCUT2D eigenvalue weighted by molar-refractivity contribution is 0.0643. The standard InChI is InChI=1S/C11H13FO3/c1-3-8(2)14-11(13)15-10-6-4-5-9(12)7-10/h4-8H,3H2,1-2H3. The Balaban J connectivity index is 2.51. The average Bonchev–Trinajstić information content (AvgIpc) is 2.17. The molecule has 0 aromatic heterocycles. The van der Waals surface area contributed by atoms with E-state index in [1.807, 2.05) is 6.92 Å². The van der Waals surface area contributed by atoms with Crippen molar-refractivity contribution in [2.75, 3.05) is 0 Å². The van der Waals surface area contributed by atoms with Gasteiger partial charge in [-0.25, -0.2) is 9.18 Å². The van der Waals surface area contributed by atoms with Crippen LogP contribution < -0.4 is 4.74 Å². The molecule has 0 saturated heterocycles. The van der Waals surface area contributed by atoms with Crippen molar-refractivity contribution >= 4 is 6.16 Å². The van der Waals surface area contributed by atoms with Gasteiger partial charge in [0, 0.05) is 6.07 Å². The van der Waals surface area contributed by atoms with Crippen LogP contribution in [0.5, 0.6) is 5.75 Å². The molecule has 0 saturated carbocycles. The number of benzene rings is 1. The fraction of sp³-hybridized carbons (Fsp3) is 0.364. The highest BCUT2D eigenvalue weighted by molar-refractivity contribution is 5.63. The second-order valence-corrected chi connectivity index (χ2v) is 3.15. The Morgan fingerprint density at radius 1 is 1.53 bits per heavy atom. The van der Waals surface area contributed by atoms with Gasteiger partial charge in [-0.15, -0.1) is 0 Å². The van der Waals surface area contributed by atoms with E-state index >= 15 is 0 Å². The van der Waals surface area contributed by atoms with E-state index in [0.29, 0.717) is 6.42 Å². The van der Waals surface area contributed by atoms with E-state index < -0.39 is 12.0 Å². The first kappa shape index (κ1) is 11.5. The van der Waals surface area contributed by atoms with Crippen LogP contribution in [-0.4, -0.2) is 12.3 Å². The van der Waals surface area contributed by atoms with E-state index in [0.717, 1.165) is 6.07 Å². The Labute approximate surface area is 87.8 Å². The smallest absolute Gasteiger partial charge is 0.431 e. The molecule has 1 aromatic carbocycles. The molecule has 15 heavy (non-hydrogen) atoms. The highest BCUT2D eigenvalue weighted by Gasteiger charge is 2.10. The van der Waals surface area contributed by atoms with E-state index in [9.17, 15) is 9.18 Å². The quantitative estimate of drug-likeness (QED) is 0.570. The average molecular weight is 212 g/mol. The summed E-state index contributed by atoms with van der Waals surface area (Å²) in [5.74, 6) is -0.313. The Bertz CT molecular complexity index is 338. The third-order valence-electron chi connectivity index (χ3n) is 1.87. The molecule has 82 valence electrons. The number of carbonyl (C=O) groups excluding carboxylic acids is 1. The zero-order valence-corrected chi connectivity index (χ0v) is 8.70. The molecule has 0 radical (unpaired) electrons. The van der Waals surface area contributed by atoms with Crippen LogP contribution in [0.15, 0.2) is 24.3 Å². The topological polar surface area (TPSA) is 35.5 Å². The maximum atomic E-state index is 12.7. The first-order chi connectivity index (χ1) is 7.11. The van der Waals surface area contributed by atoms with Gasteiger partial charge in [0.15, 0.2) is 0 Å². The van der Waals surface area contributed by atoms with Crippen LogP contribution in [0.1, 0.15) is 20.3 Å². The van der Waals surface area contributed by atoms with Crippen molar-refractivity contribution < 1.29 is 18.7 Å². The van der Waals surface area contributed by atoms with E-state index in [1.54, 1.807) is 6.92 Å².